The molecular formula is C11H15NO3. The van der Waals surface area contributed by atoms with Crippen LogP contribution in [0.5, 0.6) is 0 Å². The van der Waals surface area contributed by atoms with Crippen LogP contribution in [-0.2, 0) is 11.2 Å². The fourth-order valence-corrected chi connectivity index (χ4v) is 1.41. The smallest absolute Gasteiger partial charge is 0.363 e. The predicted molar refractivity (Wildman–Crippen MR) is 57.0 cm³/mol. The third kappa shape index (κ3) is 3.34. The number of hydroxylamine groups is 3. The summed E-state index contributed by atoms with van der Waals surface area (Å²) in [6, 6.07) is 8.22. The lowest BCUT2D eigenvalue weighted by Gasteiger charge is -2.39. The van der Waals surface area contributed by atoms with Gasteiger partial charge in [0.05, 0.1) is 14.1 Å². The highest BCUT2D eigenvalue weighted by Gasteiger charge is 2.28. The lowest BCUT2D eigenvalue weighted by Crippen LogP contribution is -2.49. The van der Waals surface area contributed by atoms with Crippen molar-refractivity contribution in [1.29, 1.82) is 0 Å². The van der Waals surface area contributed by atoms with Crippen LogP contribution in [0.15, 0.2) is 30.3 Å². The lowest BCUT2D eigenvalue weighted by atomic mass is 10.1. The van der Waals surface area contributed by atoms with Gasteiger partial charge in [0.2, 0.25) is 0 Å². The Bertz CT molecular complexity index is 329. The van der Waals surface area contributed by atoms with E-state index < -0.39 is 16.7 Å². The van der Waals surface area contributed by atoms with Crippen LogP contribution < -0.4 is 0 Å². The molecule has 0 heterocycles. The molecule has 0 bridgehead atoms. The summed E-state index contributed by atoms with van der Waals surface area (Å²) in [5.41, 5.74) is 0.868. The normalized spacial score (nSPS) is 13.5. The summed E-state index contributed by atoms with van der Waals surface area (Å²) in [7, 11) is 2.70. The standard InChI is InChI=1S/C11H15NO3/c1-12(2,15)10(11(13)14)8-9-6-4-3-5-7-9/h3-7,10H,8H2,1-2H3,(H,13,14). The fraction of sp³-hybridized carbons (Fsp3) is 0.364. The number of carbonyl (C=O) groups is 1. The zero-order chi connectivity index (χ0) is 11.5. The average molecular weight is 209 g/mol. The molecule has 1 aromatic rings. The Kier molecular flexibility index (Phi) is 3.44. The van der Waals surface area contributed by atoms with Crippen molar-refractivity contribution in [3.05, 3.63) is 41.1 Å². The number of likely N-dealkylation sites (N-methyl/N-ethyl adjacent to an activating group) is 1. The second-order valence-electron chi connectivity index (χ2n) is 3.98. The largest absolute Gasteiger partial charge is 0.633 e. The van der Waals surface area contributed by atoms with Crippen LogP contribution in [-0.4, -0.2) is 35.9 Å². The first-order chi connectivity index (χ1) is 6.91. The van der Waals surface area contributed by atoms with Crippen molar-refractivity contribution in [1.82, 2.24) is 0 Å². The molecule has 4 nitrogen and oxygen atoms in total. The fourth-order valence-electron chi connectivity index (χ4n) is 1.41. The highest BCUT2D eigenvalue weighted by atomic mass is 16.5. The molecule has 0 aliphatic rings. The van der Waals surface area contributed by atoms with Gasteiger partial charge in [0.25, 0.3) is 0 Å². The summed E-state index contributed by atoms with van der Waals surface area (Å²) in [4.78, 5) is 10.9. The van der Waals surface area contributed by atoms with E-state index >= 15 is 0 Å². The van der Waals surface area contributed by atoms with E-state index in [9.17, 15) is 10.0 Å². The number of hydrogen-bond acceptors (Lipinski definition) is 2. The third-order valence-electron chi connectivity index (χ3n) is 2.31. The van der Waals surface area contributed by atoms with Gasteiger partial charge in [-0.1, -0.05) is 30.3 Å². The number of quaternary nitrogens is 1. The quantitative estimate of drug-likeness (QED) is 0.599. The molecule has 0 aliphatic carbocycles. The Labute approximate surface area is 88.9 Å². The molecule has 1 N–H and O–H groups in total. The summed E-state index contributed by atoms with van der Waals surface area (Å²) in [6.07, 6.45) is 0.257. The highest BCUT2D eigenvalue weighted by Crippen LogP contribution is 2.12. The Balaban J connectivity index is 2.82. The molecular weight excluding hydrogens is 194 g/mol. The first-order valence-corrected chi connectivity index (χ1v) is 4.72. The Morgan fingerprint density at radius 1 is 1.40 bits per heavy atom. The zero-order valence-corrected chi connectivity index (χ0v) is 8.88. The van der Waals surface area contributed by atoms with Crippen LogP contribution >= 0.6 is 0 Å². The second kappa shape index (κ2) is 4.42. The van der Waals surface area contributed by atoms with Gasteiger partial charge in [-0.05, 0) is 5.56 Å². The molecule has 82 valence electrons. The molecule has 0 radical (unpaired) electrons. The monoisotopic (exact) mass is 209 g/mol. The third-order valence-corrected chi connectivity index (χ3v) is 2.31. The minimum atomic E-state index is -1.06. The van der Waals surface area contributed by atoms with E-state index in [0.717, 1.165) is 5.56 Å². The maximum atomic E-state index is 11.6. The molecule has 0 fully saturated rings. The van der Waals surface area contributed by atoms with Gasteiger partial charge < -0.3 is 15.0 Å². The van der Waals surface area contributed by atoms with Gasteiger partial charge in [-0.25, -0.2) is 4.79 Å². The van der Waals surface area contributed by atoms with Crippen LogP contribution in [0.4, 0.5) is 0 Å². The minimum absolute atomic E-state index is 0.257. The average Bonchev–Trinajstić information content (AvgIpc) is 2.13. The van der Waals surface area contributed by atoms with Gasteiger partial charge in [-0.2, -0.15) is 0 Å². The number of aliphatic carboxylic acids is 1. The molecule has 15 heavy (non-hydrogen) atoms. The minimum Gasteiger partial charge on any atom is -0.633 e. The Hall–Kier alpha value is -1.39. The molecule has 1 atom stereocenters. The van der Waals surface area contributed by atoms with Crippen LogP contribution in [0.3, 0.4) is 0 Å². The number of carboxylic acids is 1. The van der Waals surface area contributed by atoms with E-state index in [2.05, 4.69) is 0 Å². The van der Waals surface area contributed by atoms with Gasteiger partial charge in [0, 0.05) is 6.42 Å². The zero-order valence-electron chi connectivity index (χ0n) is 8.88. The maximum Gasteiger partial charge on any atom is 0.363 e. The predicted octanol–water partition coefficient (Wildman–Crippen LogP) is 1.26. The van der Waals surface area contributed by atoms with E-state index in [1.807, 2.05) is 30.3 Å². The first kappa shape index (κ1) is 11.7. The number of rotatable bonds is 4. The van der Waals surface area contributed by atoms with Gasteiger partial charge in [-0.15, -0.1) is 0 Å². The van der Waals surface area contributed by atoms with Crippen molar-refractivity contribution in [3.63, 3.8) is 0 Å². The summed E-state index contributed by atoms with van der Waals surface area (Å²) >= 11 is 0. The van der Waals surface area contributed by atoms with E-state index in [-0.39, 0.29) is 6.42 Å². The Morgan fingerprint density at radius 2 is 1.93 bits per heavy atom. The van der Waals surface area contributed by atoms with Crippen LogP contribution in [0.2, 0.25) is 0 Å². The number of benzene rings is 1. The van der Waals surface area contributed by atoms with Gasteiger partial charge in [-0.3, -0.25) is 0 Å². The molecule has 1 aromatic carbocycles. The Morgan fingerprint density at radius 3 is 2.33 bits per heavy atom. The first-order valence-electron chi connectivity index (χ1n) is 4.72. The summed E-state index contributed by atoms with van der Waals surface area (Å²) in [5, 5.41) is 20.6. The van der Waals surface area contributed by atoms with Crippen molar-refractivity contribution in [2.75, 3.05) is 14.1 Å². The summed E-state index contributed by atoms with van der Waals surface area (Å²) in [5.74, 6) is -1.06. The van der Waals surface area contributed by atoms with Crippen molar-refractivity contribution < 1.29 is 14.5 Å². The lowest BCUT2D eigenvalue weighted by molar-refractivity contribution is -0.857. The maximum absolute atomic E-state index is 11.6. The van der Waals surface area contributed by atoms with Crippen LogP contribution in [0, 0.1) is 5.21 Å². The second-order valence-corrected chi connectivity index (χ2v) is 3.98. The van der Waals surface area contributed by atoms with Crippen molar-refractivity contribution in [2.24, 2.45) is 0 Å². The molecule has 0 saturated carbocycles. The molecule has 0 spiro atoms. The molecule has 0 saturated heterocycles. The van der Waals surface area contributed by atoms with Crippen molar-refractivity contribution >= 4 is 5.97 Å². The summed E-state index contributed by atoms with van der Waals surface area (Å²) < 4.78 is -0.815. The van der Waals surface area contributed by atoms with Crippen LogP contribution in [0.25, 0.3) is 0 Å². The molecule has 1 unspecified atom stereocenters. The molecule has 0 aromatic heterocycles. The van der Waals surface area contributed by atoms with Gasteiger partial charge >= 0.3 is 5.97 Å². The van der Waals surface area contributed by atoms with Gasteiger partial charge in [0.15, 0.2) is 6.04 Å². The van der Waals surface area contributed by atoms with Crippen molar-refractivity contribution in [2.45, 2.75) is 12.5 Å². The SMILES string of the molecule is C[N+](C)([O-])C(Cc1ccccc1)C(=O)O. The topological polar surface area (TPSA) is 60.4 Å². The summed E-state index contributed by atoms with van der Waals surface area (Å²) in [6.45, 7) is 0. The van der Waals surface area contributed by atoms with E-state index in [1.54, 1.807) is 0 Å². The highest BCUT2D eigenvalue weighted by molar-refractivity contribution is 5.72. The van der Waals surface area contributed by atoms with E-state index in [0.29, 0.717) is 0 Å². The van der Waals surface area contributed by atoms with E-state index in [4.69, 9.17) is 5.11 Å². The molecule has 4 heteroatoms. The number of nitrogens with zero attached hydrogens (tertiary/aromatic N) is 1. The molecule has 1 rings (SSSR count). The number of hydrogen-bond donors (Lipinski definition) is 1. The van der Waals surface area contributed by atoms with E-state index in [1.165, 1.54) is 14.1 Å². The molecule has 0 aliphatic heterocycles. The van der Waals surface area contributed by atoms with Crippen LogP contribution in [0.1, 0.15) is 5.56 Å². The molecule has 0 amide bonds. The van der Waals surface area contributed by atoms with Crippen molar-refractivity contribution in [3.8, 4) is 0 Å². The van der Waals surface area contributed by atoms with Gasteiger partial charge in [0.1, 0.15) is 0 Å². The number of carboxylic acid groups (broad SMARTS) is 1.